The van der Waals surface area contributed by atoms with Crippen LogP contribution in [0.25, 0.3) is 10.8 Å². The zero-order valence-electron chi connectivity index (χ0n) is 15.6. The van der Waals surface area contributed by atoms with E-state index in [1.54, 1.807) is 0 Å². The standard InChI is InChI=1S/C21H24ClNO3S/c1-14-9-15(2)11-23(10-14)19(24)12-26-20(25)13-27-18-8-4-6-16-5-3-7-17(22)21(16)18/h3-8,14-15H,9-13H2,1-2H3/t14-,15+. The number of thioether (sulfide) groups is 1. The van der Waals surface area contributed by atoms with E-state index in [2.05, 4.69) is 13.8 Å². The van der Waals surface area contributed by atoms with Gasteiger partial charge in [0.2, 0.25) is 0 Å². The van der Waals surface area contributed by atoms with Crippen LogP contribution < -0.4 is 0 Å². The van der Waals surface area contributed by atoms with Gasteiger partial charge in [-0.1, -0.05) is 49.7 Å². The third-order valence-corrected chi connectivity index (χ3v) is 6.09. The van der Waals surface area contributed by atoms with Gasteiger partial charge in [0.15, 0.2) is 6.61 Å². The van der Waals surface area contributed by atoms with Crippen LogP contribution in [0.2, 0.25) is 5.02 Å². The van der Waals surface area contributed by atoms with E-state index in [1.165, 1.54) is 11.8 Å². The molecule has 6 heteroatoms. The number of carbonyl (C=O) groups excluding carboxylic acids is 2. The Bertz CT molecular complexity index is 826. The van der Waals surface area contributed by atoms with Gasteiger partial charge in [0, 0.05) is 28.4 Å². The predicted octanol–water partition coefficient (Wildman–Crippen LogP) is 4.63. The van der Waals surface area contributed by atoms with Crippen LogP contribution in [-0.4, -0.2) is 42.2 Å². The molecule has 0 saturated carbocycles. The number of piperidine rings is 1. The lowest BCUT2D eigenvalue weighted by Crippen LogP contribution is -2.44. The Morgan fingerprint density at radius 2 is 1.81 bits per heavy atom. The zero-order chi connectivity index (χ0) is 19.4. The molecule has 2 aromatic rings. The first-order valence-corrected chi connectivity index (χ1v) is 10.5. The van der Waals surface area contributed by atoms with Crippen molar-refractivity contribution < 1.29 is 14.3 Å². The van der Waals surface area contributed by atoms with Gasteiger partial charge in [-0.15, -0.1) is 11.8 Å². The van der Waals surface area contributed by atoms with Gasteiger partial charge in [-0.05, 0) is 35.8 Å². The van der Waals surface area contributed by atoms with Gasteiger partial charge in [0.1, 0.15) is 0 Å². The molecule has 1 saturated heterocycles. The molecule has 1 aliphatic rings. The fourth-order valence-corrected chi connectivity index (χ4v) is 4.90. The Kier molecular flexibility index (Phi) is 6.66. The number of ether oxygens (including phenoxy) is 1. The predicted molar refractivity (Wildman–Crippen MR) is 110 cm³/mol. The summed E-state index contributed by atoms with van der Waals surface area (Å²) in [5, 5.41) is 2.63. The molecule has 3 rings (SSSR count). The molecule has 0 radical (unpaired) electrons. The summed E-state index contributed by atoms with van der Waals surface area (Å²) in [6.07, 6.45) is 1.13. The van der Waals surface area contributed by atoms with Crippen molar-refractivity contribution in [2.45, 2.75) is 25.2 Å². The van der Waals surface area contributed by atoms with Crippen molar-refractivity contribution in [1.82, 2.24) is 4.90 Å². The number of amides is 1. The van der Waals surface area contributed by atoms with Gasteiger partial charge in [0.05, 0.1) is 5.75 Å². The van der Waals surface area contributed by atoms with Crippen molar-refractivity contribution >= 4 is 46.0 Å². The maximum Gasteiger partial charge on any atom is 0.316 e. The molecule has 2 aromatic carbocycles. The van der Waals surface area contributed by atoms with E-state index in [0.29, 0.717) is 16.9 Å². The number of esters is 1. The van der Waals surface area contributed by atoms with E-state index in [4.69, 9.17) is 16.3 Å². The van der Waals surface area contributed by atoms with Crippen molar-refractivity contribution in [1.29, 1.82) is 0 Å². The van der Waals surface area contributed by atoms with E-state index < -0.39 is 5.97 Å². The van der Waals surface area contributed by atoms with Crippen LogP contribution in [-0.2, 0) is 14.3 Å². The van der Waals surface area contributed by atoms with E-state index in [0.717, 1.165) is 35.2 Å². The Balaban J connectivity index is 1.53. The fraction of sp³-hybridized carbons (Fsp3) is 0.429. The minimum Gasteiger partial charge on any atom is -0.455 e. The lowest BCUT2D eigenvalue weighted by molar-refractivity contribution is -0.151. The smallest absolute Gasteiger partial charge is 0.316 e. The van der Waals surface area contributed by atoms with Crippen molar-refractivity contribution in [3.63, 3.8) is 0 Å². The number of rotatable bonds is 5. The van der Waals surface area contributed by atoms with E-state index >= 15 is 0 Å². The fourth-order valence-electron chi connectivity index (χ4n) is 3.66. The van der Waals surface area contributed by atoms with E-state index in [-0.39, 0.29) is 18.3 Å². The summed E-state index contributed by atoms with van der Waals surface area (Å²) in [5.41, 5.74) is 0. The highest BCUT2D eigenvalue weighted by Crippen LogP contribution is 2.33. The Hall–Kier alpha value is -1.72. The van der Waals surface area contributed by atoms with Crippen LogP contribution >= 0.6 is 23.4 Å². The number of benzene rings is 2. The minimum absolute atomic E-state index is 0.111. The topological polar surface area (TPSA) is 46.6 Å². The second kappa shape index (κ2) is 8.98. The molecule has 4 nitrogen and oxygen atoms in total. The molecule has 0 N–H and O–H groups in total. The van der Waals surface area contributed by atoms with Gasteiger partial charge in [-0.2, -0.15) is 0 Å². The van der Waals surface area contributed by atoms with Crippen molar-refractivity contribution in [2.75, 3.05) is 25.4 Å². The number of likely N-dealkylation sites (tertiary alicyclic amines) is 1. The van der Waals surface area contributed by atoms with Crippen molar-refractivity contribution in [2.24, 2.45) is 11.8 Å². The minimum atomic E-state index is -0.393. The highest BCUT2D eigenvalue weighted by molar-refractivity contribution is 8.00. The molecule has 0 unspecified atom stereocenters. The van der Waals surface area contributed by atoms with Crippen LogP contribution in [0.3, 0.4) is 0 Å². The summed E-state index contributed by atoms with van der Waals surface area (Å²) in [6.45, 7) is 5.59. The Labute approximate surface area is 169 Å². The highest BCUT2D eigenvalue weighted by atomic mass is 35.5. The molecule has 1 amide bonds. The third-order valence-electron chi connectivity index (χ3n) is 4.74. The molecule has 0 aliphatic carbocycles. The molecule has 1 aliphatic heterocycles. The van der Waals surface area contributed by atoms with Crippen LogP contribution in [0, 0.1) is 11.8 Å². The summed E-state index contributed by atoms with van der Waals surface area (Å²) in [7, 11) is 0. The van der Waals surface area contributed by atoms with E-state index in [9.17, 15) is 9.59 Å². The number of fused-ring (bicyclic) bond motifs is 1. The van der Waals surface area contributed by atoms with Crippen LogP contribution in [0.1, 0.15) is 20.3 Å². The summed E-state index contributed by atoms with van der Waals surface area (Å²) in [6, 6.07) is 11.6. The largest absolute Gasteiger partial charge is 0.455 e. The first-order valence-electron chi connectivity index (χ1n) is 9.17. The molecular weight excluding hydrogens is 382 g/mol. The lowest BCUT2D eigenvalue weighted by atomic mass is 9.92. The maximum absolute atomic E-state index is 12.3. The normalized spacial score (nSPS) is 19.9. The first kappa shape index (κ1) is 20.0. The lowest BCUT2D eigenvalue weighted by Gasteiger charge is -2.34. The van der Waals surface area contributed by atoms with Gasteiger partial charge >= 0.3 is 5.97 Å². The molecular formula is C21H24ClNO3S. The molecule has 0 spiro atoms. The molecule has 0 aromatic heterocycles. The number of hydrogen-bond donors (Lipinski definition) is 0. The second-order valence-electron chi connectivity index (χ2n) is 7.29. The average molecular weight is 406 g/mol. The summed E-state index contributed by atoms with van der Waals surface area (Å²) >= 11 is 7.69. The van der Waals surface area contributed by atoms with Crippen LogP contribution in [0.5, 0.6) is 0 Å². The summed E-state index contributed by atoms with van der Waals surface area (Å²) in [4.78, 5) is 27.2. The molecule has 27 heavy (non-hydrogen) atoms. The average Bonchev–Trinajstić information content (AvgIpc) is 2.63. The number of halogens is 1. The third kappa shape index (κ3) is 5.17. The van der Waals surface area contributed by atoms with Crippen LogP contribution in [0.15, 0.2) is 41.3 Å². The Morgan fingerprint density at radius 3 is 2.52 bits per heavy atom. The van der Waals surface area contributed by atoms with Crippen molar-refractivity contribution in [3.8, 4) is 0 Å². The zero-order valence-corrected chi connectivity index (χ0v) is 17.2. The van der Waals surface area contributed by atoms with Gasteiger partial charge in [-0.3, -0.25) is 9.59 Å². The number of hydrogen-bond acceptors (Lipinski definition) is 4. The van der Waals surface area contributed by atoms with Crippen LogP contribution in [0.4, 0.5) is 0 Å². The van der Waals surface area contributed by atoms with E-state index in [1.807, 2.05) is 41.3 Å². The van der Waals surface area contributed by atoms with Crippen molar-refractivity contribution in [3.05, 3.63) is 41.4 Å². The molecule has 144 valence electrons. The monoisotopic (exact) mass is 405 g/mol. The number of nitrogens with zero attached hydrogens (tertiary/aromatic N) is 1. The van der Waals surface area contributed by atoms with Gasteiger partial charge < -0.3 is 9.64 Å². The van der Waals surface area contributed by atoms with Gasteiger partial charge in [0.25, 0.3) is 5.91 Å². The number of carbonyl (C=O) groups is 2. The first-order chi connectivity index (χ1) is 12.9. The summed E-state index contributed by atoms with van der Waals surface area (Å²) < 4.78 is 5.21. The quantitative estimate of drug-likeness (QED) is 0.537. The Morgan fingerprint density at radius 1 is 1.15 bits per heavy atom. The molecule has 1 fully saturated rings. The van der Waals surface area contributed by atoms with Gasteiger partial charge in [-0.25, -0.2) is 0 Å². The SMILES string of the molecule is C[C@@H]1C[C@H](C)CN(C(=O)COC(=O)CSc2cccc3cccc(Cl)c23)C1. The molecule has 2 atom stereocenters. The highest BCUT2D eigenvalue weighted by Gasteiger charge is 2.25. The second-order valence-corrected chi connectivity index (χ2v) is 8.71. The summed E-state index contributed by atoms with van der Waals surface area (Å²) in [5.74, 6) is 0.611. The molecule has 1 heterocycles. The molecule has 0 bridgehead atoms. The maximum atomic E-state index is 12.3.